The lowest BCUT2D eigenvalue weighted by Gasteiger charge is -2.44. The molecule has 0 spiro atoms. The average Bonchev–Trinajstić information content (AvgIpc) is 2.93. The maximum Gasteiger partial charge on any atom is 0.0267 e. The highest BCUT2D eigenvalue weighted by Gasteiger charge is 2.42. The van der Waals surface area contributed by atoms with E-state index in [1.165, 1.54) is 51.9 Å². The van der Waals surface area contributed by atoms with Gasteiger partial charge in [-0.2, -0.15) is 0 Å². The van der Waals surface area contributed by atoms with Crippen molar-refractivity contribution in [2.24, 2.45) is 5.92 Å². The molecule has 0 bridgehead atoms. The molecule has 0 aromatic heterocycles. The van der Waals surface area contributed by atoms with Crippen molar-refractivity contribution in [3.05, 3.63) is 0 Å². The van der Waals surface area contributed by atoms with Crippen molar-refractivity contribution >= 4 is 0 Å². The van der Waals surface area contributed by atoms with Gasteiger partial charge < -0.3 is 5.32 Å². The summed E-state index contributed by atoms with van der Waals surface area (Å²) in [5.41, 5.74) is 0. The molecule has 110 valence electrons. The van der Waals surface area contributed by atoms with E-state index in [0.717, 1.165) is 18.0 Å². The van der Waals surface area contributed by atoms with Crippen molar-refractivity contribution < 1.29 is 0 Å². The molecule has 3 fully saturated rings. The molecule has 0 aliphatic carbocycles. The van der Waals surface area contributed by atoms with Gasteiger partial charge in [0.05, 0.1) is 0 Å². The van der Waals surface area contributed by atoms with E-state index in [2.05, 4.69) is 35.9 Å². The first-order valence-corrected chi connectivity index (χ1v) is 8.38. The first kappa shape index (κ1) is 13.8. The standard InChI is InChI=1S/C16H31N3/c1-12(2)9-14-11-19(13(3)10-17-14)16-6-8-18-7-4-5-15(16)18/h12-17H,4-11H2,1-3H3. The van der Waals surface area contributed by atoms with E-state index in [1.54, 1.807) is 0 Å². The zero-order chi connectivity index (χ0) is 13.4. The van der Waals surface area contributed by atoms with Gasteiger partial charge in [-0.25, -0.2) is 0 Å². The van der Waals surface area contributed by atoms with Crippen LogP contribution in [0.15, 0.2) is 0 Å². The maximum atomic E-state index is 3.76. The van der Waals surface area contributed by atoms with Gasteiger partial charge in [0, 0.05) is 43.8 Å². The van der Waals surface area contributed by atoms with Crippen LogP contribution in [0.4, 0.5) is 0 Å². The lowest BCUT2D eigenvalue weighted by Crippen LogP contribution is -2.60. The van der Waals surface area contributed by atoms with Crippen molar-refractivity contribution in [3.8, 4) is 0 Å². The monoisotopic (exact) mass is 265 g/mol. The van der Waals surface area contributed by atoms with Crippen LogP contribution < -0.4 is 5.32 Å². The molecule has 1 N–H and O–H groups in total. The van der Waals surface area contributed by atoms with Crippen LogP contribution in [0, 0.1) is 5.92 Å². The van der Waals surface area contributed by atoms with Crippen LogP contribution in [-0.4, -0.2) is 60.1 Å². The Morgan fingerprint density at radius 2 is 2.00 bits per heavy atom. The zero-order valence-corrected chi connectivity index (χ0v) is 12.9. The third-order valence-corrected chi connectivity index (χ3v) is 5.45. The molecule has 3 saturated heterocycles. The molecule has 4 atom stereocenters. The summed E-state index contributed by atoms with van der Waals surface area (Å²) in [4.78, 5) is 5.59. The smallest absolute Gasteiger partial charge is 0.0267 e. The second-order valence-electron chi connectivity index (χ2n) is 7.38. The fourth-order valence-electron chi connectivity index (χ4n) is 4.59. The van der Waals surface area contributed by atoms with Gasteiger partial charge in [0.1, 0.15) is 0 Å². The summed E-state index contributed by atoms with van der Waals surface area (Å²) >= 11 is 0. The normalized spacial score (nSPS) is 41.1. The SMILES string of the molecule is CC(C)CC1CN(C2CCN3CCCC23)C(C)CN1. The van der Waals surface area contributed by atoms with E-state index in [4.69, 9.17) is 0 Å². The second-order valence-corrected chi connectivity index (χ2v) is 7.38. The Hall–Kier alpha value is -0.120. The largest absolute Gasteiger partial charge is 0.311 e. The van der Waals surface area contributed by atoms with Crippen molar-refractivity contribution in [1.82, 2.24) is 15.1 Å². The van der Waals surface area contributed by atoms with Crippen molar-refractivity contribution in [2.75, 3.05) is 26.2 Å². The first-order valence-electron chi connectivity index (χ1n) is 8.38. The summed E-state index contributed by atoms with van der Waals surface area (Å²) in [6, 6.07) is 3.15. The summed E-state index contributed by atoms with van der Waals surface area (Å²) in [7, 11) is 0. The van der Waals surface area contributed by atoms with Crippen LogP contribution in [0.3, 0.4) is 0 Å². The fourth-order valence-corrected chi connectivity index (χ4v) is 4.59. The quantitative estimate of drug-likeness (QED) is 0.841. The Bertz CT molecular complexity index is 304. The summed E-state index contributed by atoms with van der Waals surface area (Å²) in [5.74, 6) is 0.805. The van der Waals surface area contributed by atoms with Crippen molar-refractivity contribution in [1.29, 1.82) is 0 Å². The molecule has 3 aliphatic heterocycles. The van der Waals surface area contributed by atoms with Crippen LogP contribution in [0.25, 0.3) is 0 Å². The number of rotatable bonds is 3. The third-order valence-electron chi connectivity index (χ3n) is 5.45. The molecule has 3 heteroatoms. The Kier molecular flexibility index (Phi) is 4.16. The topological polar surface area (TPSA) is 18.5 Å². The number of nitrogens with one attached hydrogen (secondary N) is 1. The Labute approximate surface area is 118 Å². The summed E-state index contributed by atoms with van der Waals surface area (Å²) in [6.07, 6.45) is 5.60. The molecule has 0 aromatic rings. The zero-order valence-electron chi connectivity index (χ0n) is 12.9. The minimum Gasteiger partial charge on any atom is -0.311 e. The third kappa shape index (κ3) is 2.84. The number of hydrogen-bond acceptors (Lipinski definition) is 3. The van der Waals surface area contributed by atoms with Gasteiger partial charge >= 0.3 is 0 Å². The van der Waals surface area contributed by atoms with Crippen LogP contribution in [-0.2, 0) is 0 Å². The molecule has 0 amide bonds. The predicted octanol–water partition coefficient (Wildman–Crippen LogP) is 1.93. The molecule has 3 rings (SSSR count). The summed E-state index contributed by atoms with van der Waals surface area (Å²) in [5, 5.41) is 3.76. The Morgan fingerprint density at radius 1 is 1.16 bits per heavy atom. The minimum absolute atomic E-state index is 0.714. The number of hydrogen-bond donors (Lipinski definition) is 1. The highest BCUT2D eigenvalue weighted by atomic mass is 15.3. The maximum absolute atomic E-state index is 3.76. The van der Waals surface area contributed by atoms with E-state index in [1.807, 2.05) is 0 Å². The van der Waals surface area contributed by atoms with Gasteiger partial charge in [0.15, 0.2) is 0 Å². The van der Waals surface area contributed by atoms with Gasteiger partial charge in [-0.15, -0.1) is 0 Å². The van der Waals surface area contributed by atoms with E-state index in [9.17, 15) is 0 Å². The molecule has 3 heterocycles. The molecular weight excluding hydrogens is 234 g/mol. The molecule has 3 nitrogen and oxygen atoms in total. The van der Waals surface area contributed by atoms with Crippen molar-refractivity contribution in [2.45, 2.75) is 70.6 Å². The highest BCUT2D eigenvalue weighted by molar-refractivity contribution is 5.00. The fraction of sp³-hybridized carbons (Fsp3) is 1.00. The van der Waals surface area contributed by atoms with Gasteiger partial charge in [-0.1, -0.05) is 13.8 Å². The molecule has 0 radical (unpaired) electrons. The van der Waals surface area contributed by atoms with Crippen molar-refractivity contribution in [3.63, 3.8) is 0 Å². The van der Waals surface area contributed by atoms with Gasteiger partial charge in [-0.3, -0.25) is 9.80 Å². The van der Waals surface area contributed by atoms with E-state index in [0.29, 0.717) is 12.1 Å². The minimum atomic E-state index is 0.714. The van der Waals surface area contributed by atoms with Crippen LogP contribution in [0.5, 0.6) is 0 Å². The lowest BCUT2D eigenvalue weighted by atomic mass is 9.96. The van der Waals surface area contributed by atoms with Crippen LogP contribution in [0.1, 0.15) is 46.5 Å². The second kappa shape index (κ2) is 5.71. The van der Waals surface area contributed by atoms with Gasteiger partial charge in [-0.05, 0) is 45.1 Å². The van der Waals surface area contributed by atoms with Crippen LogP contribution in [0.2, 0.25) is 0 Å². The summed E-state index contributed by atoms with van der Waals surface area (Å²) < 4.78 is 0. The predicted molar refractivity (Wildman–Crippen MR) is 80.4 cm³/mol. The Morgan fingerprint density at radius 3 is 2.79 bits per heavy atom. The molecule has 4 unspecified atom stereocenters. The Balaban J connectivity index is 1.64. The van der Waals surface area contributed by atoms with Crippen LogP contribution >= 0.6 is 0 Å². The average molecular weight is 265 g/mol. The van der Waals surface area contributed by atoms with E-state index >= 15 is 0 Å². The molecule has 3 aliphatic rings. The number of piperazine rings is 1. The molecule has 19 heavy (non-hydrogen) atoms. The molecular formula is C16H31N3. The highest BCUT2D eigenvalue weighted by Crippen LogP contribution is 2.33. The summed E-state index contributed by atoms with van der Waals surface area (Å²) in [6.45, 7) is 12.3. The van der Waals surface area contributed by atoms with Gasteiger partial charge in [0.2, 0.25) is 0 Å². The van der Waals surface area contributed by atoms with Gasteiger partial charge in [0.25, 0.3) is 0 Å². The number of nitrogens with zero attached hydrogens (tertiary/aromatic N) is 2. The molecule has 0 aromatic carbocycles. The number of fused-ring (bicyclic) bond motifs is 1. The first-order chi connectivity index (χ1) is 9.15. The lowest BCUT2D eigenvalue weighted by molar-refractivity contribution is 0.0698. The molecule has 0 saturated carbocycles. The van der Waals surface area contributed by atoms with E-state index in [-0.39, 0.29) is 0 Å². The van der Waals surface area contributed by atoms with E-state index < -0.39 is 0 Å².